The molecule has 0 bridgehead atoms. The number of carboxylic acids is 1. The number of ether oxygens (including phenoxy) is 1. The van der Waals surface area contributed by atoms with Crippen LogP contribution in [0.3, 0.4) is 0 Å². The lowest BCUT2D eigenvalue weighted by atomic mass is 9.91. The van der Waals surface area contributed by atoms with Crippen molar-refractivity contribution in [3.63, 3.8) is 0 Å². The normalized spacial score (nSPS) is 16.7. The van der Waals surface area contributed by atoms with E-state index in [4.69, 9.17) is 9.84 Å². The van der Waals surface area contributed by atoms with Crippen molar-refractivity contribution in [3.05, 3.63) is 59.7 Å². The van der Waals surface area contributed by atoms with Crippen LogP contribution in [0.1, 0.15) is 50.2 Å². The number of carboxylic acid groups (broad SMARTS) is 1. The predicted octanol–water partition coefficient (Wildman–Crippen LogP) is 4.26. The Morgan fingerprint density at radius 3 is 2.21 bits per heavy atom. The monoisotopic (exact) mass is 464 g/mol. The molecule has 0 saturated carbocycles. The van der Waals surface area contributed by atoms with E-state index in [-0.39, 0.29) is 36.7 Å². The van der Waals surface area contributed by atoms with Crippen molar-refractivity contribution in [2.75, 3.05) is 19.7 Å². The molecule has 0 radical (unpaired) electrons. The van der Waals surface area contributed by atoms with Gasteiger partial charge in [0.05, 0.1) is 0 Å². The summed E-state index contributed by atoms with van der Waals surface area (Å²) in [5.41, 5.74) is 4.60. The van der Waals surface area contributed by atoms with Gasteiger partial charge in [0.25, 0.3) is 0 Å². The molecule has 7 nitrogen and oxygen atoms in total. The average molecular weight is 465 g/mol. The van der Waals surface area contributed by atoms with Crippen molar-refractivity contribution in [3.8, 4) is 11.1 Å². The lowest BCUT2D eigenvalue weighted by Crippen LogP contribution is -2.58. The van der Waals surface area contributed by atoms with E-state index < -0.39 is 18.1 Å². The van der Waals surface area contributed by atoms with Crippen LogP contribution in [0, 0.1) is 11.8 Å². The van der Waals surface area contributed by atoms with Gasteiger partial charge in [-0.15, -0.1) is 0 Å². The molecule has 1 heterocycles. The fourth-order valence-corrected chi connectivity index (χ4v) is 4.91. The van der Waals surface area contributed by atoms with Gasteiger partial charge >= 0.3 is 12.1 Å². The zero-order valence-corrected chi connectivity index (χ0v) is 19.7. The Labute approximate surface area is 200 Å². The van der Waals surface area contributed by atoms with Gasteiger partial charge in [0.15, 0.2) is 0 Å². The molecular weight excluding hydrogens is 432 g/mol. The minimum absolute atomic E-state index is 0.0405. The molecule has 1 unspecified atom stereocenters. The van der Waals surface area contributed by atoms with Crippen LogP contribution in [0.15, 0.2) is 48.5 Å². The topological polar surface area (TPSA) is 95.9 Å². The summed E-state index contributed by atoms with van der Waals surface area (Å²) in [5, 5.41) is 11.7. The van der Waals surface area contributed by atoms with Gasteiger partial charge in [-0.2, -0.15) is 0 Å². The molecule has 0 spiro atoms. The molecule has 7 heteroatoms. The third-order valence-corrected chi connectivity index (χ3v) is 7.13. The number of likely N-dealkylation sites (tertiary alicyclic amines) is 1. The maximum Gasteiger partial charge on any atom is 0.407 e. The van der Waals surface area contributed by atoms with Crippen LogP contribution >= 0.6 is 0 Å². The molecule has 4 rings (SSSR count). The van der Waals surface area contributed by atoms with Gasteiger partial charge in [-0.05, 0) is 40.5 Å². The van der Waals surface area contributed by atoms with Crippen LogP contribution in [-0.2, 0) is 14.3 Å². The summed E-state index contributed by atoms with van der Waals surface area (Å²) in [6.07, 6.45) is 0.811. The molecule has 2 aromatic carbocycles. The minimum Gasteiger partial charge on any atom is -0.481 e. The van der Waals surface area contributed by atoms with Gasteiger partial charge in [-0.25, -0.2) is 4.79 Å². The van der Waals surface area contributed by atoms with Crippen LogP contribution in [0.2, 0.25) is 0 Å². The number of carbonyl (C=O) groups excluding carboxylic acids is 2. The molecule has 2 N–H and O–H groups in total. The molecule has 1 aliphatic heterocycles. The summed E-state index contributed by atoms with van der Waals surface area (Å²) < 4.78 is 5.65. The summed E-state index contributed by atoms with van der Waals surface area (Å²) in [5.74, 6) is -0.840. The largest absolute Gasteiger partial charge is 0.481 e. The van der Waals surface area contributed by atoms with E-state index in [1.807, 2.05) is 38.1 Å². The Bertz CT molecular complexity index is 1020. The Hall–Kier alpha value is -3.35. The van der Waals surface area contributed by atoms with E-state index in [0.717, 1.165) is 28.7 Å². The minimum atomic E-state index is -0.820. The summed E-state index contributed by atoms with van der Waals surface area (Å²) in [4.78, 5) is 38.3. The second kappa shape index (κ2) is 10.3. The van der Waals surface area contributed by atoms with Crippen molar-refractivity contribution in [1.82, 2.24) is 10.2 Å². The zero-order valence-electron chi connectivity index (χ0n) is 19.7. The van der Waals surface area contributed by atoms with Crippen LogP contribution in [0.4, 0.5) is 4.79 Å². The number of hydrogen-bond acceptors (Lipinski definition) is 4. The number of nitrogens with one attached hydrogen (secondary N) is 1. The first-order valence-corrected chi connectivity index (χ1v) is 12.0. The number of rotatable bonds is 9. The van der Waals surface area contributed by atoms with Gasteiger partial charge in [-0.3, -0.25) is 9.59 Å². The second-order valence-corrected chi connectivity index (χ2v) is 9.37. The van der Waals surface area contributed by atoms with E-state index in [1.54, 1.807) is 4.90 Å². The maximum atomic E-state index is 13.1. The van der Waals surface area contributed by atoms with Gasteiger partial charge in [0, 0.05) is 25.4 Å². The lowest BCUT2D eigenvalue weighted by Gasteiger charge is -2.42. The number of fused-ring (bicyclic) bond motifs is 3. The van der Waals surface area contributed by atoms with Crippen LogP contribution in [-0.4, -0.2) is 53.7 Å². The molecule has 1 fully saturated rings. The van der Waals surface area contributed by atoms with Crippen molar-refractivity contribution in [2.45, 2.75) is 45.1 Å². The van der Waals surface area contributed by atoms with E-state index in [1.165, 1.54) is 0 Å². The van der Waals surface area contributed by atoms with Crippen molar-refractivity contribution < 1.29 is 24.2 Å². The van der Waals surface area contributed by atoms with Crippen LogP contribution in [0.5, 0.6) is 0 Å². The third-order valence-electron chi connectivity index (χ3n) is 7.13. The molecule has 1 saturated heterocycles. The Morgan fingerprint density at radius 1 is 1.06 bits per heavy atom. The van der Waals surface area contributed by atoms with Crippen molar-refractivity contribution in [1.29, 1.82) is 0 Å². The Balaban J connectivity index is 1.36. The predicted molar refractivity (Wildman–Crippen MR) is 128 cm³/mol. The SMILES string of the molecule is CCC(C)[C@H](NC(=O)OCC1c2ccccc2-c2ccccc21)C(=O)N1CC(CCC(=O)O)C1. The number of benzene rings is 2. The number of nitrogens with zero attached hydrogens (tertiary/aromatic N) is 1. The fourth-order valence-electron chi connectivity index (χ4n) is 4.91. The Morgan fingerprint density at radius 2 is 1.65 bits per heavy atom. The average Bonchev–Trinajstić information content (AvgIpc) is 3.13. The third kappa shape index (κ3) is 4.93. The Kier molecular flexibility index (Phi) is 7.20. The highest BCUT2D eigenvalue weighted by atomic mass is 16.5. The highest BCUT2D eigenvalue weighted by Crippen LogP contribution is 2.44. The quantitative estimate of drug-likeness (QED) is 0.578. The molecule has 0 aromatic heterocycles. The summed E-state index contributed by atoms with van der Waals surface area (Å²) in [6.45, 7) is 5.18. The highest BCUT2D eigenvalue weighted by Gasteiger charge is 2.37. The maximum absolute atomic E-state index is 13.1. The van der Waals surface area contributed by atoms with Gasteiger partial charge in [-0.1, -0.05) is 68.8 Å². The number of alkyl carbamates (subject to hydrolysis) is 1. The van der Waals surface area contributed by atoms with Crippen LogP contribution in [0.25, 0.3) is 11.1 Å². The smallest absolute Gasteiger partial charge is 0.407 e. The molecule has 2 aromatic rings. The molecule has 2 atom stereocenters. The first-order chi connectivity index (χ1) is 16.4. The van der Waals surface area contributed by atoms with Crippen LogP contribution < -0.4 is 5.32 Å². The molecule has 34 heavy (non-hydrogen) atoms. The number of aliphatic carboxylic acids is 1. The first kappa shape index (κ1) is 23.8. The number of amides is 2. The van der Waals surface area contributed by atoms with Gasteiger partial charge in [0.2, 0.25) is 5.91 Å². The molecule has 180 valence electrons. The molecule has 2 aliphatic rings. The lowest BCUT2D eigenvalue weighted by molar-refractivity contribution is -0.142. The summed E-state index contributed by atoms with van der Waals surface area (Å²) >= 11 is 0. The van der Waals surface area contributed by atoms with Gasteiger partial charge in [0.1, 0.15) is 12.6 Å². The van der Waals surface area contributed by atoms with E-state index in [2.05, 4.69) is 29.6 Å². The van der Waals surface area contributed by atoms with E-state index in [9.17, 15) is 14.4 Å². The fraction of sp³-hybridized carbons (Fsp3) is 0.444. The molecule has 1 aliphatic carbocycles. The van der Waals surface area contributed by atoms with E-state index in [0.29, 0.717) is 19.5 Å². The van der Waals surface area contributed by atoms with Crippen molar-refractivity contribution >= 4 is 18.0 Å². The number of hydrogen-bond donors (Lipinski definition) is 2. The molecular formula is C27H32N2O5. The zero-order chi connectivity index (χ0) is 24.2. The van der Waals surface area contributed by atoms with Gasteiger partial charge < -0.3 is 20.1 Å². The van der Waals surface area contributed by atoms with E-state index >= 15 is 0 Å². The second-order valence-electron chi connectivity index (χ2n) is 9.37. The molecule has 2 amide bonds. The number of carbonyl (C=O) groups is 3. The van der Waals surface area contributed by atoms with Crippen molar-refractivity contribution in [2.24, 2.45) is 11.8 Å². The summed E-state index contributed by atoms with van der Waals surface area (Å²) in [7, 11) is 0. The highest BCUT2D eigenvalue weighted by molar-refractivity contribution is 5.86. The summed E-state index contributed by atoms with van der Waals surface area (Å²) in [6, 6.07) is 15.6. The first-order valence-electron chi connectivity index (χ1n) is 12.0. The standard InChI is InChI=1S/C27H32N2O5/c1-3-17(2)25(26(32)29-14-18(15-29)12-13-24(30)31)28-27(33)34-16-23-21-10-6-4-8-19(21)20-9-5-7-11-22(20)23/h4-11,17-18,23,25H,3,12-16H2,1-2H3,(H,28,33)(H,30,31)/t17?,25-/m0/s1.